The summed E-state index contributed by atoms with van der Waals surface area (Å²) in [5.41, 5.74) is -0.391. The second-order valence-corrected chi connectivity index (χ2v) is 6.38. The molecule has 0 saturated heterocycles. The van der Waals surface area contributed by atoms with Gasteiger partial charge in [0, 0.05) is 18.9 Å². The Kier molecular flexibility index (Phi) is 5.28. The maximum absolute atomic E-state index is 14.1. The Bertz CT molecular complexity index is 1220. The van der Waals surface area contributed by atoms with Gasteiger partial charge in [-0.15, -0.1) is 0 Å². The number of aromatic nitrogens is 1. The highest BCUT2D eigenvalue weighted by Crippen LogP contribution is 2.28. The molecule has 3 aromatic rings. The molecule has 1 aromatic heterocycles. The standard InChI is InChI=1S/C20H15F3N4O2/c1-10(14-9-25-19(28)17-13(14)4-6-16(22)18(17)23)27(2)20(29)26-12-3-5-15(21)11(7-12)8-24/h3-7,9-10H,1-2H3,(H,25,28)(H,26,29)/t10-/m0/s1. The molecule has 0 bridgehead atoms. The van der Waals surface area contributed by atoms with Crippen LogP contribution >= 0.6 is 0 Å². The highest BCUT2D eigenvalue weighted by Gasteiger charge is 2.22. The molecule has 6 nitrogen and oxygen atoms in total. The minimum atomic E-state index is -1.26. The Morgan fingerprint density at radius 2 is 1.90 bits per heavy atom. The smallest absolute Gasteiger partial charge is 0.322 e. The summed E-state index contributed by atoms with van der Waals surface area (Å²) in [7, 11) is 1.46. The van der Waals surface area contributed by atoms with E-state index in [1.807, 2.05) is 0 Å². The Labute approximate surface area is 163 Å². The first-order valence-electron chi connectivity index (χ1n) is 8.47. The van der Waals surface area contributed by atoms with Crippen LogP contribution in [0.1, 0.15) is 24.1 Å². The average molecular weight is 400 g/mol. The first kappa shape index (κ1) is 19.9. The van der Waals surface area contributed by atoms with Gasteiger partial charge in [-0.05, 0) is 42.1 Å². The van der Waals surface area contributed by atoms with Crippen LogP contribution in [0.3, 0.4) is 0 Å². The molecule has 29 heavy (non-hydrogen) atoms. The zero-order valence-corrected chi connectivity index (χ0v) is 15.4. The summed E-state index contributed by atoms with van der Waals surface area (Å²) in [4.78, 5) is 28.1. The molecule has 0 spiro atoms. The SMILES string of the molecule is C[C@@H](c1c[nH]c(=O)c2c(F)c(F)ccc12)N(C)C(=O)Nc1ccc(F)c(C#N)c1. The predicted molar refractivity (Wildman–Crippen MR) is 101 cm³/mol. The molecule has 1 heterocycles. The van der Waals surface area contributed by atoms with E-state index in [2.05, 4.69) is 10.3 Å². The third-order valence-corrected chi connectivity index (χ3v) is 4.68. The van der Waals surface area contributed by atoms with Gasteiger partial charge in [0.2, 0.25) is 0 Å². The van der Waals surface area contributed by atoms with E-state index >= 15 is 0 Å². The molecule has 2 N–H and O–H groups in total. The van der Waals surface area contributed by atoms with E-state index in [1.165, 1.54) is 36.3 Å². The maximum atomic E-state index is 14.1. The van der Waals surface area contributed by atoms with E-state index in [4.69, 9.17) is 5.26 Å². The fourth-order valence-corrected chi connectivity index (χ4v) is 2.94. The topological polar surface area (TPSA) is 89.0 Å². The van der Waals surface area contributed by atoms with Crippen LogP contribution in [0, 0.1) is 28.8 Å². The molecule has 0 aliphatic heterocycles. The van der Waals surface area contributed by atoms with Crippen LogP contribution in [-0.4, -0.2) is 23.0 Å². The van der Waals surface area contributed by atoms with Crippen LogP contribution in [0.5, 0.6) is 0 Å². The van der Waals surface area contributed by atoms with Gasteiger partial charge >= 0.3 is 6.03 Å². The van der Waals surface area contributed by atoms with Crippen LogP contribution in [0.25, 0.3) is 10.8 Å². The molecule has 0 radical (unpaired) electrons. The van der Waals surface area contributed by atoms with Crippen molar-refractivity contribution in [2.24, 2.45) is 0 Å². The quantitative estimate of drug-likeness (QED) is 0.695. The number of nitrogens with one attached hydrogen (secondary N) is 2. The van der Waals surface area contributed by atoms with Gasteiger partial charge in [-0.1, -0.05) is 6.07 Å². The molecule has 1 atom stereocenters. The number of carbonyl (C=O) groups excluding carboxylic acids is 1. The third-order valence-electron chi connectivity index (χ3n) is 4.68. The molecule has 148 valence electrons. The Balaban J connectivity index is 1.92. The van der Waals surface area contributed by atoms with Crippen molar-refractivity contribution in [2.75, 3.05) is 12.4 Å². The second-order valence-electron chi connectivity index (χ2n) is 6.38. The number of hydrogen-bond acceptors (Lipinski definition) is 3. The van der Waals surface area contributed by atoms with Gasteiger partial charge in [-0.25, -0.2) is 18.0 Å². The van der Waals surface area contributed by atoms with Gasteiger partial charge in [0.25, 0.3) is 5.56 Å². The third kappa shape index (κ3) is 3.65. The molecule has 9 heteroatoms. The van der Waals surface area contributed by atoms with Crippen molar-refractivity contribution in [3.05, 3.63) is 75.5 Å². The number of rotatable bonds is 3. The molecule has 0 unspecified atom stereocenters. The molecule has 2 amide bonds. The van der Waals surface area contributed by atoms with E-state index < -0.39 is 40.5 Å². The first-order chi connectivity index (χ1) is 13.7. The molecule has 2 aromatic carbocycles. The van der Waals surface area contributed by atoms with Crippen LogP contribution in [0.4, 0.5) is 23.7 Å². The number of anilines is 1. The number of aromatic amines is 1. The summed E-state index contributed by atoms with van der Waals surface area (Å²) in [6.07, 6.45) is 1.34. The molecule has 0 saturated carbocycles. The van der Waals surface area contributed by atoms with Gasteiger partial charge in [0.1, 0.15) is 11.9 Å². The van der Waals surface area contributed by atoms with Crippen molar-refractivity contribution in [2.45, 2.75) is 13.0 Å². The molecule has 3 rings (SSSR count). The monoisotopic (exact) mass is 400 g/mol. The highest BCUT2D eigenvalue weighted by atomic mass is 19.2. The van der Waals surface area contributed by atoms with Crippen molar-refractivity contribution in [3.8, 4) is 6.07 Å². The molecular weight excluding hydrogens is 385 g/mol. The number of nitrogens with zero attached hydrogens (tertiary/aromatic N) is 2. The number of urea groups is 1. The molecule has 0 aliphatic carbocycles. The summed E-state index contributed by atoms with van der Waals surface area (Å²) in [6.45, 7) is 1.64. The number of benzene rings is 2. The minimum Gasteiger partial charge on any atom is -0.328 e. The van der Waals surface area contributed by atoms with Crippen LogP contribution < -0.4 is 10.9 Å². The second kappa shape index (κ2) is 7.67. The summed E-state index contributed by atoms with van der Waals surface area (Å²) in [6, 6.07) is 6.20. The Hall–Kier alpha value is -3.80. The van der Waals surface area contributed by atoms with Crippen molar-refractivity contribution in [3.63, 3.8) is 0 Å². The lowest BCUT2D eigenvalue weighted by Gasteiger charge is -2.26. The summed E-state index contributed by atoms with van der Waals surface area (Å²) < 4.78 is 41.1. The molecule has 0 aliphatic rings. The van der Waals surface area contributed by atoms with Gasteiger partial charge in [0.15, 0.2) is 11.6 Å². The number of carbonyl (C=O) groups is 1. The lowest BCUT2D eigenvalue weighted by atomic mass is 10.0. The van der Waals surface area contributed by atoms with Crippen LogP contribution in [-0.2, 0) is 0 Å². The van der Waals surface area contributed by atoms with Crippen LogP contribution in [0.2, 0.25) is 0 Å². The van der Waals surface area contributed by atoms with E-state index in [9.17, 15) is 22.8 Å². The van der Waals surface area contributed by atoms with Crippen molar-refractivity contribution >= 4 is 22.5 Å². The zero-order chi connectivity index (χ0) is 21.3. The number of fused-ring (bicyclic) bond motifs is 1. The van der Waals surface area contributed by atoms with Gasteiger partial charge in [0.05, 0.1) is 17.0 Å². The lowest BCUT2D eigenvalue weighted by molar-refractivity contribution is 0.208. The van der Waals surface area contributed by atoms with Crippen LogP contribution in [0.15, 0.2) is 41.3 Å². The summed E-state index contributed by atoms with van der Waals surface area (Å²) >= 11 is 0. The fourth-order valence-electron chi connectivity index (χ4n) is 2.94. The predicted octanol–water partition coefficient (Wildman–Crippen LogP) is 4.04. The summed E-state index contributed by atoms with van der Waals surface area (Å²) in [5.74, 6) is -3.12. The zero-order valence-electron chi connectivity index (χ0n) is 15.4. The number of hydrogen-bond donors (Lipinski definition) is 2. The Morgan fingerprint density at radius 1 is 1.21 bits per heavy atom. The first-order valence-corrected chi connectivity index (χ1v) is 8.47. The van der Waals surface area contributed by atoms with E-state index in [0.717, 1.165) is 12.1 Å². The lowest BCUT2D eigenvalue weighted by Crippen LogP contribution is -2.34. The van der Waals surface area contributed by atoms with Gasteiger partial charge in [-0.3, -0.25) is 4.79 Å². The Morgan fingerprint density at radius 3 is 2.59 bits per heavy atom. The van der Waals surface area contributed by atoms with Crippen molar-refractivity contribution < 1.29 is 18.0 Å². The maximum Gasteiger partial charge on any atom is 0.322 e. The molecular formula is C20H15F3N4O2. The molecule has 0 fully saturated rings. The van der Waals surface area contributed by atoms with Crippen molar-refractivity contribution in [1.82, 2.24) is 9.88 Å². The minimum absolute atomic E-state index is 0.174. The fraction of sp³-hybridized carbons (Fsp3) is 0.150. The highest BCUT2D eigenvalue weighted by molar-refractivity contribution is 5.91. The van der Waals surface area contributed by atoms with E-state index in [0.29, 0.717) is 5.56 Å². The van der Waals surface area contributed by atoms with E-state index in [-0.39, 0.29) is 16.6 Å². The summed E-state index contributed by atoms with van der Waals surface area (Å²) in [5, 5.41) is 11.2. The normalized spacial score (nSPS) is 11.7. The number of pyridine rings is 1. The number of nitriles is 1. The van der Waals surface area contributed by atoms with Crippen molar-refractivity contribution in [1.29, 1.82) is 5.26 Å². The number of amides is 2. The number of halogens is 3. The van der Waals surface area contributed by atoms with Gasteiger partial charge < -0.3 is 15.2 Å². The number of H-pyrrole nitrogens is 1. The van der Waals surface area contributed by atoms with E-state index in [1.54, 1.807) is 13.0 Å². The average Bonchev–Trinajstić information content (AvgIpc) is 2.71. The van der Waals surface area contributed by atoms with Gasteiger partial charge in [-0.2, -0.15) is 5.26 Å². The largest absolute Gasteiger partial charge is 0.328 e.